The van der Waals surface area contributed by atoms with Crippen LogP contribution in [0.1, 0.15) is 32.4 Å². The van der Waals surface area contributed by atoms with E-state index < -0.39 is 0 Å². The minimum atomic E-state index is 0.613. The van der Waals surface area contributed by atoms with Crippen LogP contribution in [0.25, 0.3) is 0 Å². The Kier molecular flexibility index (Phi) is 5.73. The minimum absolute atomic E-state index is 0.613. The summed E-state index contributed by atoms with van der Waals surface area (Å²) >= 11 is 0. The molecule has 1 N–H and O–H groups in total. The molecule has 2 rings (SSSR count). The topological polar surface area (TPSA) is 50.3 Å². The Morgan fingerprint density at radius 3 is 2.75 bits per heavy atom. The monoisotopic (exact) mass is 278 g/mol. The zero-order valence-electron chi connectivity index (χ0n) is 12.8. The lowest BCUT2D eigenvalue weighted by molar-refractivity contribution is 0.225. The fourth-order valence-corrected chi connectivity index (χ4v) is 2.00. The van der Waals surface area contributed by atoms with E-state index in [9.17, 15) is 0 Å². The van der Waals surface area contributed by atoms with Gasteiger partial charge in [0, 0.05) is 25.2 Å². The van der Waals surface area contributed by atoms with Crippen molar-refractivity contribution >= 4 is 0 Å². The lowest BCUT2D eigenvalue weighted by Crippen LogP contribution is -2.26. The molecule has 0 bridgehead atoms. The van der Waals surface area contributed by atoms with Crippen molar-refractivity contribution in [3.05, 3.63) is 17.8 Å². The summed E-state index contributed by atoms with van der Waals surface area (Å²) in [4.78, 5) is 2.34. The molecule has 112 valence electrons. The number of hydrogen-bond acceptors (Lipinski definition) is 5. The summed E-state index contributed by atoms with van der Waals surface area (Å²) in [5.74, 6) is 1.26. The Hall–Kier alpha value is -1.20. The smallest absolute Gasteiger partial charge is 0.233 e. The van der Waals surface area contributed by atoms with E-state index in [-0.39, 0.29) is 0 Å². The predicted molar refractivity (Wildman–Crippen MR) is 79.7 cm³/mol. The number of nitrogens with one attached hydrogen (secondary N) is 1. The van der Waals surface area contributed by atoms with Crippen molar-refractivity contribution < 1.29 is 4.74 Å². The van der Waals surface area contributed by atoms with Crippen LogP contribution < -0.4 is 10.1 Å². The van der Waals surface area contributed by atoms with E-state index in [0.29, 0.717) is 18.4 Å². The third kappa shape index (κ3) is 5.43. The van der Waals surface area contributed by atoms with E-state index in [1.54, 1.807) is 0 Å². The zero-order chi connectivity index (χ0) is 14.4. The molecule has 0 amide bonds. The highest BCUT2D eigenvalue weighted by molar-refractivity contribution is 5.11. The van der Waals surface area contributed by atoms with Crippen molar-refractivity contribution in [3.63, 3.8) is 0 Å². The van der Waals surface area contributed by atoms with Crippen LogP contribution in [0.2, 0.25) is 0 Å². The van der Waals surface area contributed by atoms with Crippen LogP contribution in [0, 0.1) is 5.92 Å². The molecule has 0 unspecified atom stereocenters. The second-order valence-corrected chi connectivity index (χ2v) is 5.95. The summed E-state index contributed by atoms with van der Waals surface area (Å²) in [6.07, 6.45) is 2.66. The van der Waals surface area contributed by atoms with Gasteiger partial charge in [-0.15, -0.1) is 5.10 Å². The van der Waals surface area contributed by atoms with E-state index in [1.165, 1.54) is 12.8 Å². The van der Waals surface area contributed by atoms with Gasteiger partial charge < -0.3 is 15.0 Å². The number of nitrogens with zero attached hydrogens (tertiary/aromatic N) is 3. The summed E-state index contributed by atoms with van der Waals surface area (Å²) in [6.45, 7) is 7.75. The van der Waals surface area contributed by atoms with E-state index in [0.717, 1.165) is 31.4 Å². The third-order valence-corrected chi connectivity index (χ3v) is 3.42. The Labute approximate surface area is 121 Å². The van der Waals surface area contributed by atoms with Gasteiger partial charge in [-0.25, -0.2) is 0 Å². The average Bonchev–Trinajstić information content (AvgIpc) is 3.24. The predicted octanol–water partition coefficient (Wildman–Crippen LogP) is 1.70. The van der Waals surface area contributed by atoms with Gasteiger partial charge >= 0.3 is 0 Å². The molecule has 1 aromatic heterocycles. The van der Waals surface area contributed by atoms with Crippen molar-refractivity contribution in [2.75, 3.05) is 26.7 Å². The highest BCUT2D eigenvalue weighted by atomic mass is 16.5. The maximum absolute atomic E-state index is 5.62. The first kappa shape index (κ1) is 15.2. The fourth-order valence-electron chi connectivity index (χ4n) is 2.00. The maximum atomic E-state index is 5.62. The zero-order valence-corrected chi connectivity index (χ0v) is 12.8. The first-order valence-corrected chi connectivity index (χ1v) is 7.51. The first-order chi connectivity index (χ1) is 9.65. The number of rotatable bonds is 9. The summed E-state index contributed by atoms with van der Waals surface area (Å²) in [6, 6.07) is 4.65. The molecule has 0 aromatic carbocycles. The first-order valence-electron chi connectivity index (χ1n) is 7.51. The molecule has 20 heavy (non-hydrogen) atoms. The Morgan fingerprint density at radius 2 is 2.15 bits per heavy atom. The largest absolute Gasteiger partial charge is 0.475 e. The molecule has 0 atom stereocenters. The quantitative estimate of drug-likeness (QED) is 0.745. The molecule has 5 nitrogen and oxygen atoms in total. The number of aromatic nitrogens is 2. The van der Waals surface area contributed by atoms with Crippen molar-refractivity contribution in [2.45, 2.75) is 39.3 Å². The average molecular weight is 278 g/mol. The van der Waals surface area contributed by atoms with Crippen LogP contribution in [-0.2, 0) is 6.54 Å². The van der Waals surface area contributed by atoms with Crippen molar-refractivity contribution in [2.24, 2.45) is 5.92 Å². The highest BCUT2D eigenvalue weighted by Crippen LogP contribution is 2.24. The summed E-state index contributed by atoms with van der Waals surface area (Å²) in [5.41, 5.74) is 0.952. The van der Waals surface area contributed by atoms with Gasteiger partial charge in [0.25, 0.3) is 0 Å². The van der Waals surface area contributed by atoms with Crippen molar-refractivity contribution in [1.82, 2.24) is 20.4 Å². The molecule has 1 aliphatic rings. The summed E-state index contributed by atoms with van der Waals surface area (Å²) in [5, 5.41) is 11.6. The third-order valence-electron chi connectivity index (χ3n) is 3.42. The van der Waals surface area contributed by atoms with Gasteiger partial charge in [0.15, 0.2) is 0 Å². The van der Waals surface area contributed by atoms with E-state index >= 15 is 0 Å². The molecule has 1 fully saturated rings. The fraction of sp³-hybridized carbons (Fsp3) is 0.733. The maximum Gasteiger partial charge on any atom is 0.233 e. The number of likely N-dealkylation sites (N-methyl/N-ethyl adjacent to an activating group) is 1. The standard InChI is InChI=1S/C15H26N4O/c1-12(2)10-16-11-13-4-7-15(18-17-13)20-9-8-19(3)14-5-6-14/h4,7,12,14,16H,5-6,8-11H2,1-3H3. The van der Waals surface area contributed by atoms with Crippen LogP contribution in [-0.4, -0.2) is 47.9 Å². The molecule has 0 radical (unpaired) electrons. The van der Waals surface area contributed by atoms with Crippen LogP contribution in [0.15, 0.2) is 12.1 Å². The van der Waals surface area contributed by atoms with E-state index in [4.69, 9.17) is 4.74 Å². The molecule has 0 saturated heterocycles. The van der Waals surface area contributed by atoms with E-state index in [1.807, 2.05) is 12.1 Å². The molecular formula is C15H26N4O. The second-order valence-electron chi connectivity index (χ2n) is 5.95. The van der Waals surface area contributed by atoms with Gasteiger partial charge in [0.1, 0.15) is 6.61 Å². The second kappa shape index (κ2) is 7.55. The van der Waals surface area contributed by atoms with Crippen LogP contribution >= 0.6 is 0 Å². The SMILES string of the molecule is CC(C)CNCc1ccc(OCCN(C)C2CC2)nn1. The van der Waals surface area contributed by atoms with Gasteiger partial charge in [-0.05, 0) is 38.4 Å². The van der Waals surface area contributed by atoms with Gasteiger partial charge in [-0.2, -0.15) is 5.10 Å². The molecule has 0 spiro atoms. The summed E-state index contributed by atoms with van der Waals surface area (Å²) in [7, 11) is 2.15. The van der Waals surface area contributed by atoms with Crippen LogP contribution in [0.4, 0.5) is 0 Å². The molecule has 1 heterocycles. The molecule has 1 aromatic rings. The van der Waals surface area contributed by atoms with Gasteiger partial charge in [0.05, 0.1) is 5.69 Å². The Morgan fingerprint density at radius 1 is 1.35 bits per heavy atom. The highest BCUT2D eigenvalue weighted by Gasteiger charge is 2.25. The number of hydrogen-bond donors (Lipinski definition) is 1. The number of ether oxygens (including phenoxy) is 1. The van der Waals surface area contributed by atoms with Gasteiger partial charge in [-0.1, -0.05) is 13.8 Å². The summed E-state index contributed by atoms with van der Waals surface area (Å²) < 4.78 is 5.62. The van der Waals surface area contributed by atoms with E-state index in [2.05, 4.69) is 41.3 Å². The van der Waals surface area contributed by atoms with Crippen LogP contribution in [0.5, 0.6) is 5.88 Å². The Balaban J connectivity index is 1.65. The molecular weight excluding hydrogens is 252 g/mol. The molecule has 0 aliphatic heterocycles. The van der Waals surface area contributed by atoms with Gasteiger partial charge in [-0.3, -0.25) is 0 Å². The van der Waals surface area contributed by atoms with Gasteiger partial charge in [0.2, 0.25) is 5.88 Å². The lowest BCUT2D eigenvalue weighted by Gasteiger charge is -2.15. The normalized spacial score (nSPS) is 15.1. The molecule has 1 aliphatic carbocycles. The van der Waals surface area contributed by atoms with Crippen LogP contribution in [0.3, 0.4) is 0 Å². The van der Waals surface area contributed by atoms with Crippen molar-refractivity contribution in [3.8, 4) is 5.88 Å². The molecule has 1 saturated carbocycles. The Bertz CT molecular complexity index is 389. The molecule has 5 heteroatoms. The lowest BCUT2D eigenvalue weighted by atomic mass is 10.2. The minimum Gasteiger partial charge on any atom is -0.475 e. The van der Waals surface area contributed by atoms with Crippen molar-refractivity contribution in [1.29, 1.82) is 0 Å².